The van der Waals surface area contributed by atoms with Gasteiger partial charge in [0.05, 0.1) is 5.92 Å². The zero-order valence-electron chi connectivity index (χ0n) is 13.5. The fourth-order valence-electron chi connectivity index (χ4n) is 2.26. The number of pyridine rings is 1. The summed E-state index contributed by atoms with van der Waals surface area (Å²) in [4.78, 5) is 8.91. The van der Waals surface area contributed by atoms with Gasteiger partial charge in [0.25, 0.3) is 0 Å². The minimum Gasteiger partial charge on any atom is -0.339 e. The number of nitrogens with zero attached hydrogens (tertiary/aromatic N) is 3. The van der Waals surface area contributed by atoms with Crippen LogP contribution in [0, 0.1) is 13.8 Å². The van der Waals surface area contributed by atoms with E-state index in [-0.39, 0.29) is 5.92 Å². The van der Waals surface area contributed by atoms with Gasteiger partial charge in [0.2, 0.25) is 11.7 Å². The molecule has 5 nitrogen and oxygen atoms in total. The SMILES string of the molecule is CCCNC(C)C(C)c1nc(-c2cc(C)nc(C)c2)no1. The predicted octanol–water partition coefficient (Wildman–Crippen LogP) is 3.24. The van der Waals surface area contributed by atoms with Crippen LogP contribution in [0.3, 0.4) is 0 Å². The summed E-state index contributed by atoms with van der Waals surface area (Å²) in [7, 11) is 0. The number of hydrogen-bond acceptors (Lipinski definition) is 5. The van der Waals surface area contributed by atoms with Gasteiger partial charge in [-0.3, -0.25) is 4.98 Å². The van der Waals surface area contributed by atoms with Crippen molar-refractivity contribution in [3.05, 3.63) is 29.4 Å². The van der Waals surface area contributed by atoms with E-state index in [9.17, 15) is 0 Å². The predicted molar refractivity (Wildman–Crippen MR) is 83.2 cm³/mol. The zero-order chi connectivity index (χ0) is 15.4. The fraction of sp³-hybridized carbons (Fsp3) is 0.562. The molecule has 0 saturated heterocycles. The first-order chi connectivity index (χ1) is 10.0. The first-order valence-electron chi connectivity index (χ1n) is 7.54. The van der Waals surface area contributed by atoms with E-state index in [4.69, 9.17) is 4.52 Å². The molecular formula is C16H24N4O. The molecule has 2 atom stereocenters. The number of aryl methyl sites for hydroxylation is 2. The second-order valence-electron chi connectivity index (χ2n) is 5.63. The molecule has 114 valence electrons. The zero-order valence-corrected chi connectivity index (χ0v) is 13.5. The first-order valence-corrected chi connectivity index (χ1v) is 7.54. The highest BCUT2D eigenvalue weighted by Gasteiger charge is 2.20. The summed E-state index contributed by atoms with van der Waals surface area (Å²) in [6.45, 7) is 11.3. The van der Waals surface area contributed by atoms with Gasteiger partial charge in [-0.1, -0.05) is 19.0 Å². The summed E-state index contributed by atoms with van der Waals surface area (Å²) in [6, 6.07) is 4.26. The van der Waals surface area contributed by atoms with Crippen LogP contribution in [-0.2, 0) is 0 Å². The molecule has 5 heteroatoms. The van der Waals surface area contributed by atoms with Gasteiger partial charge < -0.3 is 9.84 Å². The Kier molecular flexibility index (Phi) is 5.07. The number of hydrogen-bond donors (Lipinski definition) is 1. The molecule has 0 aliphatic carbocycles. The van der Waals surface area contributed by atoms with Gasteiger partial charge in [-0.15, -0.1) is 0 Å². The van der Waals surface area contributed by atoms with Gasteiger partial charge in [0, 0.05) is 23.0 Å². The van der Waals surface area contributed by atoms with Crippen molar-refractivity contribution < 1.29 is 4.52 Å². The lowest BCUT2D eigenvalue weighted by atomic mass is 10.0. The summed E-state index contributed by atoms with van der Waals surface area (Å²) in [6.07, 6.45) is 1.11. The molecule has 2 aromatic rings. The van der Waals surface area contributed by atoms with Crippen molar-refractivity contribution in [3.8, 4) is 11.4 Å². The highest BCUT2D eigenvalue weighted by molar-refractivity contribution is 5.55. The highest BCUT2D eigenvalue weighted by Crippen LogP contribution is 2.22. The van der Waals surface area contributed by atoms with Crippen LogP contribution in [0.5, 0.6) is 0 Å². The van der Waals surface area contributed by atoms with Gasteiger partial charge in [0.15, 0.2) is 0 Å². The Balaban J connectivity index is 2.17. The van der Waals surface area contributed by atoms with Crippen molar-refractivity contribution in [3.63, 3.8) is 0 Å². The molecule has 2 rings (SSSR count). The molecule has 0 bridgehead atoms. The molecule has 0 aromatic carbocycles. The van der Waals surface area contributed by atoms with Crippen LogP contribution in [0.4, 0.5) is 0 Å². The maximum Gasteiger partial charge on any atom is 0.231 e. The summed E-state index contributed by atoms with van der Waals surface area (Å²) in [5.74, 6) is 1.49. The van der Waals surface area contributed by atoms with Gasteiger partial charge in [-0.05, 0) is 45.9 Å². The van der Waals surface area contributed by atoms with E-state index < -0.39 is 0 Å². The second-order valence-corrected chi connectivity index (χ2v) is 5.63. The third-order valence-electron chi connectivity index (χ3n) is 3.64. The largest absolute Gasteiger partial charge is 0.339 e. The lowest BCUT2D eigenvalue weighted by molar-refractivity contribution is 0.331. The molecule has 0 aliphatic rings. The lowest BCUT2D eigenvalue weighted by Crippen LogP contribution is -2.31. The van der Waals surface area contributed by atoms with Crippen molar-refractivity contribution in [1.29, 1.82) is 0 Å². The van der Waals surface area contributed by atoms with Crippen molar-refractivity contribution >= 4 is 0 Å². The minimum atomic E-state index is 0.182. The van der Waals surface area contributed by atoms with Crippen LogP contribution in [-0.4, -0.2) is 27.7 Å². The highest BCUT2D eigenvalue weighted by atomic mass is 16.5. The molecule has 0 spiro atoms. The summed E-state index contributed by atoms with van der Waals surface area (Å²) in [5.41, 5.74) is 2.88. The van der Waals surface area contributed by atoms with E-state index in [1.165, 1.54) is 0 Å². The monoisotopic (exact) mass is 288 g/mol. The van der Waals surface area contributed by atoms with E-state index in [0.717, 1.165) is 29.9 Å². The standard InChI is InChI=1S/C16H24N4O/c1-6-7-17-13(5)12(4)16-19-15(20-21-16)14-8-10(2)18-11(3)9-14/h8-9,12-13,17H,6-7H2,1-5H3. The molecule has 0 aliphatic heterocycles. The topological polar surface area (TPSA) is 63.8 Å². The Bertz CT molecular complexity index is 573. The van der Waals surface area contributed by atoms with Crippen LogP contribution < -0.4 is 5.32 Å². The molecule has 2 aromatic heterocycles. The maximum atomic E-state index is 5.44. The van der Waals surface area contributed by atoms with Gasteiger partial charge >= 0.3 is 0 Å². The number of nitrogens with one attached hydrogen (secondary N) is 1. The third kappa shape index (κ3) is 3.88. The van der Waals surface area contributed by atoms with Gasteiger partial charge in [-0.25, -0.2) is 0 Å². The second kappa shape index (κ2) is 6.80. The molecule has 0 amide bonds. The molecule has 0 radical (unpaired) electrons. The van der Waals surface area contributed by atoms with Crippen molar-refractivity contribution in [2.24, 2.45) is 0 Å². The average molecular weight is 288 g/mol. The van der Waals surface area contributed by atoms with E-state index in [0.29, 0.717) is 17.8 Å². The molecule has 0 saturated carbocycles. The van der Waals surface area contributed by atoms with Crippen LogP contribution in [0.2, 0.25) is 0 Å². The van der Waals surface area contributed by atoms with E-state index in [2.05, 4.69) is 41.2 Å². The van der Waals surface area contributed by atoms with Crippen molar-refractivity contribution in [2.45, 2.75) is 53.0 Å². The van der Waals surface area contributed by atoms with E-state index in [1.807, 2.05) is 26.0 Å². The molecule has 21 heavy (non-hydrogen) atoms. The smallest absolute Gasteiger partial charge is 0.231 e. The van der Waals surface area contributed by atoms with Crippen LogP contribution in [0.25, 0.3) is 11.4 Å². The average Bonchev–Trinajstić information content (AvgIpc) is 2.92. The van der Waals surface area contributed by atoms with Crippen molar-refractivity contribution in [2.75, 3.05) is 6.54 Å². The quantitative estimate of drug-likeness (QED) is 0.884. The summed E-state index contributed by atoms with van der Waals surface area (Å²) in [5, 5.41) is 7.57. The number of aromatic nitrogens is 3. The van der Waals surface area contributed by atoms with Crippen molar-refractivity contribution in [1.82, 2.24) is 20.4 Å². The molecule has 1 N–H and O–H groups in total. The summed E-state index contributed by atoms with van der Waals surface area (Å²) < 4.78 is 5.44. The Morgan fingerprint density at radius 1 is 1.14 bits per heavy atom. The Hall–Kier alpha value is -1.75. The third-order valence-corrected chi connectivity index (χ3v) is 3.64. The molecule has 0 fully saturated rings. The van der Waals surface area contributed by atoms with Gasteiger partial charge in [-0.2, -0.15) is 4.98 Å². The van der Waals surface area contributed by atoms with E-state index in [1.54, 1.807) is 0 Å². The summed E-state index contributed by atoms with van der Waals surface area (Å²) >= 11 is 0. The van der Waals surface area contributed by atoms with Gasteiger partial charge in [0.1, 0.15) is 0 Å². The minimum absolute atomic E-state index is 0.182. The Morgan fingerprint density at radius 2 is 1.81 bits per heavy atom. The fourth-order valence-corrected chi connectivity index (χ4v) is 2.26. The number of rotatable bonds is 6. The van der Waals surface area contributed by atoms with Crippen LogP contribution in [0.15, 0.2) is 16.7 Å². The van der Waals surface area contributed by atoms with Crippen LogP contribution >= 0.6 is 0 Å². The molecular weight excluding hydrogens is 264 g/mol. The lowest BCUT2D eigenvalue weighted by Gasteiger charge is -2.17. The molecule has 2 unspecified atom stereocenters. The maximum absolute atomic E-state index is 5.44. The first kappa shape index (κ1) is 15.6. The Labute approximate surface area is 126 Å². The molecule has 2 heterocycles. The normalized spacial score (nSPS) is 14.1. The van der Waals surface area contributed by atoms with Crippen LogP contribution in [0.1, 0.15) is 50.4 Å². The Morgan fingerprint density at radius 3 is 2.43 bits per heavy atom. The van der Waals surface area contributed by atoms with E-state index >= 15 is 0 Å².